The van der Waals surface area contributed by atoms with Gasteiger partial charge in [0.2, 0.25) is 0 Å². The van der Waals surface area contributed by atoms with E-state index in [9.17, 15) is 13.2 Å². The lowest BCUT2D eigenvalue weighted by Gasteiger charge is -2.15. The SMILES string of the molecule is Cc1cc(C(Cl)c2cc(C(F)(F)F)ccc2Br)c(C)s1. The van der Waals surface area contributed by atoms with Crippen molar-refractivity contribution in [2.45, 2.75) is 25.4 Å². The minimum absolute atomic E-state index is 0.433. The Labute approximate surface area is 132 Å². The molecule has 0 amide bonds. The number of hydrogen-bond acceptors (Lipinski definition) is 1. The fourth-order valence-electron chi connectivity index (χ4n) is 1.98. The molecule has 0 aliphatic carbocycles. The molecular weight excluding hydrogens is 373 g/mol. The molecule has 0 saturated carbocycles. The van der Waals surface area contributed by atoms with Crippen LogP contribution in [-0.4, -0.2) is 0 Å². The smallest absolute Gasteiger partial charge is 0.166 e. The van der Waals surface area contributed by atoms with Crippen LogP contribution < -0.4 is 0 Å². The highest BCUT2D eigenvalue weighted by Crippen LogP contribution is 2.40. The molecule has 20 heavy (non-hydrogen) atoms. The average Bonchev–Trinajstić information content (AvgIpc) is 2.66. The van der Waals surface area contributed by atoms with E-state index in [2.05, 4.69) is 15.9 Å². The van der Waals surface area contributed by atoms with Gasteiger partial charge in [0, 0.05) is 14.2 Å². The summed E-state index contributed by atoms with van der Waals surface area (Å²) in [6, 6.07) is 5.46. The highest BCUT2D eigenvalue weighted by molar-refractivity contribution is 9.10. The Bertz CT molecular complexity index is 634. The average molecular weight is 384 g/mol. The van der Waals surface area contributed by atoms with E-state index in [1.54, 1.807) is 11.3 Å². The standard InChI is InChI=1S/C14H11BrClF3S/c1-7-5-10(8(2)20-7)13(16)11-6-9(14(17,18)19)3-4-12(11)15/h3-6,13H,1-2H3. The van der Waals surface area contributed by atoms with Crippen LogP contribution in [0.1, 0.15) is 31.8 Å². The van der Waals surface area contributed by atoms with E-state index in [1.807, 2.05) is 19.9 Å². The van der Waals surface area contributed by atoms with Crippen LogP contribution in [0.15, 0.2) is 28.7 Å². The normalized spacial score (nSPS) is 13.6. The third-order valence-corrected chi connectivity index (χ3v) is 5.12. The van der Waals surface area contributed by atoms with Crippen LogP contribution >= 0.6 is 38.9 Å². The number of benzene rings is 1. The summed E-state index contributed by atoms with van der Waals surface area (Å²) in [6.45, 7) is 3.87. The maximum atomic E-state index is 12.8. The minimum Gasteiger partial charge on any atom is -0.166 e. The van der Waals surface area contributed by atoms with Crippen molar-refractivity contribution in [2.24, 2.45) is 0 Å². The molecule has 2 aromatic rings. The summed E-state index contributed by atoms with van der Waals surface area (Å²) in [6.07, 6.45) is -4.37. The predicted octanol–water partition coefficient (Wildman–Crippen LogP) is 6.47. The lowest BCUT2D eigenvalue weighted by molar-refractivity contribution is -0.137. The van der Waals surface area contributed by atoms with Crippen molar-refractivity contribution in [3.63, 3.8) is 0 Å². The van der Waals surface area contributed by atoms with Gasteiger partial charge in [-0.25, -0.2) is 0 Å². The van der Waals surface area contributed by atoms with Crippen molar-refractivity contribution in [3.05, 3.63) is 55.2 Å². The Kier molecular flexibility index (Phi) is 4.52. The predicted molar refractivity (Wildman–Crippen MR) is 80.6 cm³/mol. The zero-order valence-corrected chi connectivity index (χ0v) is 13.8. The van der Waals surface area contributed by atoms with Crippen LogP contribution in [0.5, 0.6) is 0 Å². The molecule has 0 N–H and O–H groups in total. The van der Waals surface area contributed by atoms with Crippen molar-refractivity contribution in [1.82, 2.24) is 0 Å². The highest BCUT2D eigenvalue weighted by atomic mass is 79.9. The lowest BCUT2D eigenvalue weighted by atomic mass is 10.0. The topological polar surface area (TPSA) is 0 Å². The van der Waals surface area contributed by atoms with Gasteiger partial charge in [0.25, 0.3) is 0 Å². The summed E-state index contributed by atoms with van der Waals surface area (Å²) in [4.78, 5) is 2.11. The summed E-state index contributed by atoms with van der Waals surface area (Å²) in [5.41, 5.74) is 0.600. The summed E-state index contributed by atoms with van der Waals surface area (Å²) in [7, 11) is 0. The van der Waals surface area contributed by atoms with Gasteiger partial charge in [0.15, 0.2) is 0 Å². The first kappa shape index (κ1) is 15.9. The molecule has 0 fully saturated rings. The zero-order chi connectivity index (χ0) is 15.1. The number of halogens is 5. The quantitative estimate of drug-likeness (QED) is 0.521. The van der Waals surface area contributed by atoms with Crippen LogP contribution in [0.4, 0.5) is 13.2 Å². The van der Waals surface area contributed by atoms with E-state index < -0.39 is 17.1 Å². The number of thiophene rings is 1. The van der Waals surface area contributed by atoms with E-state index in [4.69, 9.17) is 11.6 Å². The van der Waals surface area contributed by atoms with E-state index in [0.29, 0.717) is 10.0 Å². The number of rotatable bonds is 2. The maximum absolute atomic E-state index is 12.8. The number of alkyl halides is 4. The Morgan fingerprint density at radius 2 is 1.80 bits per heavy atom. The molecule has 2 rings (SSSR count). The van der Waals surface area contributed by atoms with Crippen LogP contribution in [0.25, 0.3) is 0 Å². The largest absolute Gasteiger partial charge is 0.416 e. The second-order valence-electron chi connectivity index (χ2n) is 4.47. The van der Waals surface area contributed by atoms with Gasteiger partial charge in [-0.3, -0.25) is 0 Å². The number of aryl methyl sites for hydroxylation is 2. The molecule has 0 radical (unpaired) electrons. The molecule has 0 bridgehead atoms. The maximum Gasteiger partial charge on any atom is 0.416 e. The molecule has 0 saturated heterocycles. The van der Waals surface area contributed by atoms with Crippen molar-refractivity contribution >= 4 is 38.9 Å². The first-order chi connectivity index (χ1) is 9.20. The Morgan fingerprint density at radius 3 is 2.30 bits per heavy atom. The van der Waals surface area contributed by atoms with Crippen molar-refractivity contribution in [1.29, 1.82) is 0 Å². The molecule has 1 unspecified atom stereocenters. The van der Waals surface area contributed by atoms with E-state index in [0.717, 1.165) is 27.5 Å². The minimum atomic E-state index is -4.37. The first-order valence-corrected chi connectivity index (χ1v) is 7.82. The van der Waals surface area contributed by atoms with Crippen LogP contribution in [0, 0.1) is 13.8 Å². The third-order valence-electron chi connectivity index (χ3n) is 2.95. The molecule has 108 valence electrons. The van der Waals surface area contributed by atoms with Crippen LogP contribution in [-0.2, 0) is 6.18 Å². The van der Waals surface area contributed by atoms with Gasteiger partial charge in [-0.1, -0.05) is 15.9 Å². The van der Waals surface area contributed by atoms with Gasteiger partial charge in [-0.2, -0.15) is 13.2 Å². The van der Waals surface area contributed by atoms with Gasteiger partial charge < -0.3 is 0 Å². The molecule has 1 aromatic heterocycles. The molecular formula is C14H11BrClF3S. The summed E-state index contributed by atoms with van der Waals surface area (Å²) < 4.78 is 39.0. The monoisotopic (exact) mass is 382 g/mol. The molecule has 6 heteroatoms. The van der Waals surface area contributed by atoms with Crippen LogP contribution in [0.2, 0.25) is 0 Å². The first-order valence-electron chi connectivity index (χ1n) is 5.78. The van der Waals surface area contributed by atoms with E-state index >= 15 is 0 Å². The van der Waals surface area contributed by atoms with E-state index in [-0.39, 0.29) is 0 Å². The highest BCUT2D eigenvalue weighted by Gasteiger charge is 2.32. The Balaban J connectivity index is 2.49. The third kappa shape index (κ3) is 3.21. The van der Waals surface area contributed by atoms with Crippen LogP contribution in [0.3, 0.4) is 0 Å². The zero-order valence-electron chi connectivity index (χ0n) is 10.7. The van der Waals surface area contributed by atoms with Gasteiger partial charge in [0.05, 0.1) is 10.9 Å². The molecule has 0 nitrogen and oxygen atoms in total. The van der Waals surface area contributed by atoms with Gasteiger partial charge in [-0.05, 0) is 49.2 Å². The molecule has 1 heterocycles. The second kappa shape index (κ2) is 5.70. The molecule has 0 spiro atoms. The molecule has 0 aliphatic heterocycles. The van der Waals surface area contributed by atoms with Gasteiger partial charge >= 0.3 is 6.18 Å². The van der Waals surface area contributed by atoms with Crippen molar-refractivity contribution in [2.75, 3.05) is 0 Å². The molecule has 0 aliphatic rings. The summed E-state index contributed by atoms with van der Waals surface area (Å²) in [5.74, 6) is 0. The van der Waals surface area contributed by atoms with Gasteiger partial charge in [-0.15, -0.1) is 22.9 Å². The summed E-state index contributed by atoms with van der Waals surface area (Å²) >= 11 is 11.3. The fraction of sp³-hybridized carbons (Fsp3) is 0.286. The Hall–Kier alpha value is -0.520. The lowest BCUT2D eigenvalue weighted by Crippen LogP contribution is -2.06. The molecule has 1 atom stereocenters. The second-order valence-corrected chi connectivity index (χ2v) is 7.22. The molecule has 1 aromatic carbocycles. The van der Waals surface area contributed by atoms with Gasteiger partial charge in [0.1, 0.15) is 0 Å². The van der Waals surface area contributed by atoms with E-state index in [1.165, 1.54) is 6.07 Å². The fourth-order valence-corrected chi connectivity index (χ4v) is 4.03. The van der Waals surface area contributed by atoms with Crippen molar-refractivity contribution < 1.29 is 13.2 Å². The Morgan fingerprint density at radius 1 is 1.15 bits per heavy atom. The number of hydrogen-bond donors (Lipinski definition) is 0. The van der Waals surface area contributed by atoms with Crippen molar-refractivity contribution in [3.8, 4) is 0 Å². The summed E-state index contributed by atoms with van der Waals surface area (Å²) in [5, 5.41) is -0.600.